The molecular formula is C15H13F3OS. The molecule has 0 saturated carbocycles. The normalized spacial score (nSPS) is 11.6. The van der Waals surface area contributed by atoms with Gasteiger partial charge in [-0.3, -0.25) is 4.79 Å². The van der Waals surface area contributed by atoms with Crippen LogP contribution in [0.5, 0.6) is 0 Å². The Kier molecular flexibility index (Phi) is 4.60. The van der Waals surface area contributed by atoms with Gasteiger partial charge >= 0.3 is 6.18 Å². The number of thiophene rings is 1. The average molecular weight is 298 g/mol. The fraction of sp³-hybridized carbons (Fsp3) is 0.267. The zero-order valence-corrected chi connectivity index (χ0v) is 11.4. The summed E-state index contributed by atoms with van der Waals surface area (Å²) in [4.78, 5) is 11.8. The third-order valence-corrected chi connectivity index (χ3v) is 3.66. The summed E-state index contributed by atoms with van der Waals surface area (Å²) >= 11 is 1.56. The molecule has 1 aromatic carbocycles. The van der Waals surface area contributed by atoms with E-state index in [1.54, 1.807) is 17.4 Å². The summed E-state index contributed by atoms with van der Waals surface area (Å²) in [6.45, 7) is 0. The van der Waals surface area contributed by atoms with Crippen molar-refractivity contribution in [2.45, 2.75) is 25.4 Å². The highest BCUT2D eigenvalue weighted by Crippen LogP contribution is 2.29. The predicted octanol–water partition coefficient (Wildman–Crippen LogP) is 4.51. The van der Waals surface area contributed by atoms with Crippen LogP contribution in [0.3, 0.4) is 0 Å². The van der Waals surface area contributed by atoms with Crippen molar-refractivity contribution in [1.82, 2.24) is 0 Å². The van der Waals surface area contributed by atoms with Crippen LogP contribution in [0.15, 0.2) is 41.1 Å². The Morgan fingerprint density at radius 3 is 2.60 bits per heavy atom. The van der Waals surface area contributed by atoms with Crippen molar-refractivity contribution in [3.05, 3.63) is 57.8 Å². The molecule has 0 bridgehead atoms. The van der Waals surface area contributed by atoms with E-state index < -0.39 is 11.7 Å². The van der Waals surface area contributed by atoms with E-state index in [0.717, 1.165) is 17.7 Å². The van der Waals surface area contributed by atoms with Crippen LogP contribution in [-0.2, 0) is 23.8 Å². The van der Waals surface area contributed by atoms with Gasteiger partial charge in [-0.05, 0) is 40.4 Å². The molecule has 0 fully saturated rings. The van der Waals surface area contributed by atoms with Gasteiger partial charge in [0.25, 0.3) is 0 Å². The van der Waals surface area contributed by atoms with Crippen molar-refractivity contribution in [3.63, 3.8) is 0 Å². The second kappa shape index (κ2) is 6.22. The number of carbonyl (C=O) groups excluding carboxylic acids is 1. The summed E-state index contributed by atoms with van der Waals surface area (Å²) in [5.41, 5.74) is 0.795. The molecule has 2 rings (SSSR count). The molecule has 0 aliphatic carbocycles. The van der Waals surface area contributed by atoms with E-state index in [9.17, 15) is 18.0 Å². The first-order valence-electron chi connectivity index (χ1n) is 6.14. The standard InChI is InChI=1S/C15H13F3OS/c16-15(17,18)13-3-1-2-12(8-13)9-14(19)5-4-11-6-7-20-10-11/h1-3,6-8,10H,4-5,9H2. The second-order valence-electron chi connectivity index (χ2n) is 4.55. The number of aryl methyl sites for hydroxylation is 1. The van der Waals surface area contributed by atoms with Gasteiger partial charge in [-0.25, -0.2) is 0 Å². The van der Waals surface area contributed by atoms with Gasteiger partial charge in [0.2, 0.25) is 0 Å². The quantitative estimate of drug-likeness (QED) is 0.793. The van der Waals surface area contributed by atoms with E-state index in [1.165, 1.54) is 6.07 Å². The minimum absolute atomic E-state index is 0.0458. The van der Waals surface area contributed by atoms with Crippen molar-refractivity contribution in [2.24, 2.45) is 0 Å². The molecule has 0 N–H and O–H groups in total. The molecule has 0 aliphatic heterocycles. The number of hydrogen-bond acceptors (Lipinski definition) is 2. The van der Waals surface area contributed by atoms with Crippen LogP contribution in [0, 0.1) is 0 Å². The second-order valence-corrected chi connectivity index (χ2v) is 5.33. The number of rotatable bonds is 5. The van der Waals surface area contributed by atoms with Gasteiger partial charge in [-0.1, -0.05) is 18.2 Å². The van der Waals surface area contributed by atoms with Crippen molar-refractivity contribution >= 4 is 17.1 Å². The third kappa shape index (κ3) is 4.20. The summed E-state index contributed by atoms with van der Waals surface area (Å²) < 4.78 is 37.7. The van der Waals surface area contributed by atoms with E-state index in [1.807, 2.05) is 16.8 Å². The topological polar surface area (TPSA) is 17.1 Å². The monoisotopic (exact) mass is 298 g/mol. The van der Waals surface area contributed by atoms with Gasteiger partial charge in [0.1, 0.15) is 5.78 Å². The van der Waals surface area contributed by atoms with Crippen LogP contribution in [0.2, 0.25) is 0 Å². The van der Waals surface area contributed by atoms with Crippen LogP contribution < -0.4 is 0 Å². The molecule has 0 spiro atoms. The SMILES string of the molecule is O=C(CCc1ccsc1)Cc1cccc(C(F)(F)F)c1. The smallest absolute Gasteiger partial charge is 0.299 e. The van der Waals surface area contributed by atoms with Gasteiger partial charge in [-0.2, -0.15) is 24.5 Å². The van der Waals surface area contributed by atoms with Gasteiger partial charge < -0.3 is 0 Å². The summed E-state index contributed by atoms with van der Waals surface area (Å²) in [5, 5.41) is 3.91. The largest absolute Gasteiger partial charge is 0.416 e. The maximum Gasteiger partial charge on any atom is 0.416 e. The zero-order valence-electron chi connectivity index (χ0n) is 10.6. The van der Waals surface area contributed by atoms with E-state index in [0.29, 0.717) is 18.4 Å². The van der Waals surface area contributed by atoms with Gasteiger partial charge in [0.15, 0.2) is 0 Å². The Balaban J connectivity index is 1.94. The average Bonchev–Trinajstić information content (AvgIpc) is 2.89. The third-order valence-electron chi connectivity index (χ3n) is 2.93. The fourth-order valence-corrected chi connectivity index (χ4v) is 2.60. The lowest BCUT2D eigenvalue weighted by molar-refractivity contribution is -0.137. The highest BCUT2D eigenvalue weighted by Gasteiger charge is 2.30. The highest BCUT2D eigenvalue weighted by atomic mass is 32.1. The Bertz CT molecular complexity index is 573. The minimum atomic E-state index is -4.37. The van der Waals surface area contributed by atoms with E-state index in [4.69, 9.17) is 0 Å². The Hall–Kier alpha value is -1.62. The summed E-state index contributed by atoms with van der Waals surface area (Å²) in [5.74, 6) is -0.0458. The van der Waals surface area contributed by atoms with Crippen LogP contribution in [0.1, 0.15) is 23.1 Å². The summed E-state index contributed by atoms with van der Waals surface area (Å²) in [6, 6.07) is 6.89. The molecule has 0 saturated heterocycles. The van der Waals surface area contributed by atoms with Gasteiger partial charge in [-0.15, -0.1) is 0 Å². The molecule has 20 heavy (non-hydrogen) atoms. The number of alkyl halides is 3. The van der Waals surface area contributed by atoms with Gasteiger partial charge in [0.05, 0.1) is 5.56 Å². The van der Waals surface area contributed by atoms with E-state index in [2.05, 4.69) is 0 Å². The molecule has 0 aliphatic rings. The molecule has 1 nitrogen and oxygen atoms in total. The van der Waals surface area contributed by atoms with E-state index in [-0.39, 0.29) is 12.2 Å². The molecule has 1 heterocycles. The van der Waals surface area contributed by atoms with Crippen molar-refractivity contribution in [2.75, 3.05) is 0 Å². The first-order chi connectivity index (χ1) is 9.45. The molecule has 5 heteroatoms. The number of halogens is 3. The molecule has 2 aromatic rings. The van der Waals surface area contributed by atoms with Crippen molar-refractivity contribution in [1.29, 1.82) is 0 Å². The molecule has 0 radical (unpaired) electrons. The minimum Gasteiger partial charge on any atom is -0.299 e. The van der Waals surface area contributed by atoms with Crippen molar-refractivity contribution < 1.29 is 18.0 Å². The predicted molar refractivity (Wildman–Crippen MR) is 72.8 cm³/mol. The lowest BCUT2D eigenvalue weighted by Gasteiger charge is -2.08. The van der Waals surface area contributed by atoms with Crippen LogP contribution in [0.4, 0.5) is 13.2 Å². The lowest BCUT2D eigenvalue weighted by atomic mass is 10.0. The Morgan fingerprint density at radius 1 is 1.15 bits per heavy atom. The number of ketones is 1. The number of benzene rings is 1. The lowest BCUT2D eigenvalue weighted by Crippen LogP contribution is -2.08. The number of carbonyl (C=O) groups is 1. The highest BCUT2D eigenvalue weighted by molar-refractivity contribution is 7.07. The summed E-state index contributed by atoms with van der Waals surface area (Å²) in [7, 11) is 0. The molecule has 0 atom stereocenters. The van der Waals surface area contributed by atoms with Crippen LogP contribution >= 0.6 is 11.3 Å². The maximum absolute atomic E-state index is 12.6. The van der Waals surface area contributed by atoms with Crippen molar-refractivity contribution in [3.8, 4) is 0 Å². The molecular weight excluding hydrogens is 285 g/mol. The van der Waals surface area contributed by atoms with Gasteiger partial charge in [0, 0.05) is 12.8 Å². The first kappa shape index (κ1) is 14.8. The molecule has 0 amide bonds. The number of hydrogen-bond donors (Lipinski definition) is 0. The Morgan fingerprint density at radius 2 is 1.95 bits per heavy atom. The van der Waals surface area contributed by atoms with E-state index >= 15 is 0 Å². The summed E-state index contributed by atoms with van der Waals surface area (Å²) in [6.07, 6.45) is -3.32. The Labute approximate surface area is 119 Å². The molecule has 0 unspecified atom stereocenters. The number of Topliss-reactive ketones (excluding diaryl/α,β-unsaturated/α-hetero) is 1. The van der Waals surface area contributed by atoms with Crippen LogP contribution in [-0.4, -0.2) is 5.78 Å². The molecule has 106 valence electrons. The maximum atomic E-state index is 12.6. The fourth-order valence-electron chi connectivity index (χ4n) is 1.89. The molecule has 1 aromatic heterocycles. The van der Waals surface area contributed by atoms with Crippen LogP contribution in [0.25, 0.3) is 0 Å². The first-order valence-corrected chi connectivity index (χ1v) is 7.08. The zero-order chi connectivity index (χ0) is 14.6.